The zero-order chi connectivity index (χ0) is 11.3. The average molecular weight is 204 g/mol. The summed E-state index contributed by atoms with van der Waals surface area (Å²) in [5.74, 6) is 5.27. The van der Waals surface area contributed by atoms with Crippen molar-refractivity contribution < 1.29 is 9.90 Å². The number of carbonyl (C=O) groups excluding carboxylic acids is 1. The highest BCUT2D eigenvalue weighted by molar-refractivity contribution is 5.88. The van der Waals surface area contributed by atoms with Gasteiger partial charge in [0.25, 0.3) is 0 Å². The average Bonchev–Trinajstić information content (AvgIpc) is 2.18. The maximum absolute atomic E-state index is 10.7. The number of anilines is 1. The molecule has 15 heavy (non-hydrogen) atoms. The molecule has 0 atom stereocenters. The number of aliphatic hydroxyl groups excluding tert-OH is 1. The highest BCUT2D eigenvalue weighted by Crippen LogP contribution is 2.15. The van der Waals surface area contributed by atoms with Gasteiger partial charge in [-0.3, -0.25) is 0 Å². The second kappa shape index (κ2) is 5.03. The van der Waals surface area contributed by atoms with Crippen LogP contribution in [0.25, 0.3) is 0 Å². The molecule has 78 valence electrons. The highest BCUT2D eigenvalue weighted by atomic mass is 16.2. The van der Waals surface area contributed by atoms with Gasteiger partial charge in [-0.25, -0.2) is 4.79 Å². The van der Waals surface area contributed by atoms with Gasteiger partial charge < -0.3 is 16.2 Å². The zero-order valence-electron chi connectivity index (χ0n) is 8.37. The monoisotopic (exact) mass is 204 g/mol. The van der Waals surface area contributed by atoms with Gasteiger partial charge in [-0.15, -0.1) is 0 Å². The van der Waals surface area contributed by atoms with E-state index in [4.69, 9.17) is 10.8 Å². The van der Waals surface area contributed by atoms with Crippen LogP contribution in [0.4, 0.5) is 10.5 Å². The number of aryl methyl sites for hydroxylation is 1. The molecule has 0 saturated carbocycles. The van der Waals surface area contributed by atoms with Crippen molar-refractivity contribution in [2.24, 2.45) is 5.73 Å². The molecule has 1 aromatic rings. The van der Waals surface area contributed by atoms with E-state index in [2.05, 4.69) is 17.2 Å². The molecule has 0 aliphatic heterocycles. The van der Waals surface area contributed by atoms with Gasteiger partial charge in [-0.2, -0.15) is 0 Å². The smallest absolute Gasteiger partial charge is 0.316 e. The number of nitrogens with two attached hydrogens (primary N) is 1. The maximum Gasteiger partial charge on any atom is 0.316 e. The summed E-state index contributed by atoms with van der Waals surface area (Å²) in [6, 6.07) is 4.74. The number of aliphatic hydroxyl groups is 1. The third-order valence-corrected chi connectivity index (χ3v) is 1.81. The number of amides is 2. The van der Waals surface area contributed by atoms with Gasteiger partial charge in [0.1, 0.15) is 6.61 Å². The van der Waals surface area contributed by atoms with Crippen LogP contribution < -0.4 is 11.1 Å². The van der Waals surface area contributed by atoms with Crippen molar-refractivity contribution in [3.63, 3.8) is 0 Å². The summed E-state index contributed by atoms with van der Waals surface area (Å²) in [6.45, 7) is 1.67. The Morgan fingerprint density at radius 2 is 2.33 bits per heavy atom. The summed E-state index contributed by atoms with van der Waals surface area (Å²) in [7, 11) is 0. The summed E-state index contributed by atoms with van der Waals surface area (Å²) in [4.78, 5) is 10.7. The third kappa shape index (κ3) is 3.33. The van der Waals surface area contributed by atoms with Gasteiger partial charge in [0, 0.05) is 11.3 Å². The molecule has 0 fully saturated rings. The molecule has 0 aliphatic carbocycles. The van der Waals surface area contributed by atoms with E-state index in [1.807, 2.05) is 19.1 Å². The van der Waals surface area contributed by atoms with Crippen LogP contribution in [0.2, 0.25) is 0 Å². The van der Waals surface area contributed by atoms with Crippen molar-refractivity contribution in [3.8, 4) is 11.8 Å². The van der Waals surface area contributed by atoms with Crippen LogP contribution in [-0.4, -0.2) is 17.7 Å². The molecule has 0 radical (unpaired) electrons. The summed E-state index contributed by atoms with van der Waals surface area (Å²) < 4.78 is 0. The number of primary amides is 1. The number of nitrogens with one attached hydrogen (secondary N) is 1. The standard InChI is InChI=1S/C11H12N2O2/c1-8-4-5-9(3-2-6-14)7-10(8)13-11(12)15/h4-5,7,14H,6H2,1H3,(H3,12,13,15). The Balaban J connectivity index is 2.99. The lowest BCUT2D eigenvalue weighted by Gasteiger charge is -2.05. The van der Waals surface area contributed by atoms with Crippen molar-refractivity contribution in [1.82, 2.24) is 0 Å². The summed E-state index contributed by atoms with van der Waals surface area (Å²) in [5, 5.41) is 11.0. The molecule has 0 saturated heterocycles. The molecule has 0 aliphatic rings. The zero-order valence-corrected chi connectivity index (χ0v) is 8.37. The van der Waals surface area contributed by atoms with Gasteiger partial charge in [0.2, 0.25) is 0 Å². The van der Waals surface area contributed by atoms with Crippen LogP contribution in [0, 0.1) is 18.8 Å². The first kappa shape index (κ1) is 11.1. The van der Waals surface area contributed by atoms with Crippen molar-refractivity contribution in [2.45, 2.75) is 6.92 Å². The van der Waals surface area contributed by atoms with Gasteiger partial charge >= 0.3 is 6.03 Å². The van der Waals surface area contributed by atoms with E-state index >= 15 is 0 Å². The Kier molecular flexibility index (Phi) is 3.72. The topological polar surface area (TPSA) is 75.3 Å². The quantitative estimate of drug-likeness (QED) is 0.593. The van der Waals surface area contributed by atoms with Gasteiger partial charge in [-0.1, -0.05) is 17.9 Å². The van der Waals surface area contributed by atoms with Crippen molar-refractivity contribution in [2.75, 3.05) is 11.9 Å². The second-order valence-electron chi connectivity index (χ2n) is 2.98. The molecular formula is C11H12N2O2. The van der Waals surface area contributed by atoms with Crippen LogP contribution in [0.3, 0.4) is 0 Å². The van der Waals surface area contributed by atoms with E-state index in [1.165, 1.54) is 0 Å². The number of hydrogen-bond acceptors (Lipinski definition) is 2. The number of carbonyl (C=O) groups is 1. The Labute approximate surface area is 88.1 Å². The van der Waals surface area contributed by atoms with E-state index in [1.54, 1.807) is 6.07 Å². The molecule has 4 nitrogen and oxygen atoms in total. The minimum absolute atomic E-state index is 0.188. The Bertz CT molecular complexity index is 430. The molecule has 0 unspecified atom stereocenters. The van der Waals surface area contributed by atoms with E-state index < -0.39 is 6.03 Å². The fraction of sp³-hybridized carbons (Fsp3) is 0.182. The summed E-state index contributed by atoms with van der Waals surface area (Å²) in [5.41, 5.74) is 7.28. The third-order valence-electron chi connectivity index (χ3n) is 1.81. The number of benzene rings is 1. The summed E-state index contributed by atoms with van der Waals surface area (Å²) >= 11 is 0. The SMILES string of the molecule is Cc1ccc(C#CCO)cc1NC(N)=O. The van der Waals surface area contributed by atoms with Crippen LogP contribution in [0.15, 0.2) is 18.2 Å². The first-order valence-electron chi connectivity index (χ1n) is 4.40. The number of urea groups is 1. The molecule has 0 heterocycles. The molecule has 0 spiro atoms. The Hall–Kier alpha value is -1.99. The van der Waals surface area contributed by atoms with E-state index in [-0.39, 0.29) is 6.61 Å². The largest absolute Gasteiger partial charge is 0.384 e. The van der Waals surface area contributed by atoms with Gasteiger partial charge in [-0.05, 0) is 24.6 Å². The fourth-order valence-electron chi connectivity index (χ4n) is 1.11. The fourth-order valence-corrected chi connectivity index (χ4v) is 1.11. The molecule has 4 N–H and O–H groups in total. The van der Waals surface area contributed by atoms with Crippen LogP contribution in [0.1, 0.15) is 11.1 Å². The van der Waals surface area contributed by atoms with E-state index in [0.717, 1.165) is 11.1 Å². The normalized spacial score (nSPS) is 8.93. The molecule has 2 amide bonds. The number of hydrogen-bond donors (Lipinski definition) is 3. The molecule has 1 rings (SSSR count). The van der Waals surface area contributed by atoms with Crippen molar-refractivity contribution in [3.05, 3.63) is 29.3 Å². The molecular weight excluding hydrogens is 192 g/mol. The second-order valence-corrected chi connectivity index (χ2v) is 2.98. The predicted molar refractivity (Wildman–Crippen MR) is 58.3 cm³/mol. The minimum atomic E-state index is -0.606. The lowest BCUT2D eigenvalue weighted by Crippen LogP contribution is -2.19. The predicted octanol–water partition coefficient (Wildman–Crippen LogP) is 0.829. The van der Waals surface area contributed by atoms with E-state index in [9.17, 15) is 4.79 Å². The Morgan fingerprint density at radius 3 is 2.93 bits per heavy atom. The molecule has 4 heteroatoms. The highest BCUT2D eigenvalue weighted by Gasteiger charge is 2.00. The lowest BCUT2D eigenvalue weighted by molar-refractivity contribution is 0.259. The number of rotatable bonds is 1. The molecule has 0 aromatic heterocycles. The van der Waals surface area contributed by atoms with E-state index in [0.29, 0.717) is 5.69 Å². The minimum Gasteiger partial charge on any atom is -0.384 e. The maximum atomic E-state index is 10.7. The first-order valence-corrected chi connectivity index (χ1v) is 4.40. The van der Waals surface area contributed by atoms with Crippen LogP contribution in [-0.2, 0) is 0 Å². The van der Waals surface area contributed by atoms with Gasteiger partial charge in [0.05, 0.1) is 0 Å². The van der Waals surface area contributed by atoms with Crippen LogP contribution >= 0.6 is 0 Å². The van der Waals surface area contributed by atoms with Crippen molar-refractivity contribution in [1.29, 1.82) is 0 Å². The lowest BCUT2D eigenvalue weighted by atomic mass is 10.1. The summed E-state index contributed by atoms with van der Waals surface area (Å²) in [6.07, 6.45) is 0. The molecule has 1 aromatic carbocycles. The van der Waals surface area contributed by atoms with Crippen LogP contribution in [0.5, 0.6) is 0 Å². The Morgan fingerprint density at radius 1 is 1.60 bits per heavy atom. The van der Waals surface area contributed by atoms with Crippen molar-refractivity contribution >= 4 is 11.7 Å². The molecule has 0 bridgehead atoms. The first-order chi connectivity index (χ1) is 7.13. The van der Waals surface area contributed by atoms with Gasteiger partial charge in [0.15, 0.2) is 0 Å².